The van der Waals surface area contributed by atoms with E-state index in [1.807, 2.05) is 6.07 Å². The van der Waals surface area contributed by atoms with E-state index in [0.29, 0.717) is 13.2 Å². The summed E-state index contributed by atoms with van der Waals surface area (Å²) >= 11 is 5.31. The summed E-state index contributed by atoms with van der Waals surface area (Å²) in [5, 5.41) is 10.7. The van der Waals surface area contributed by atoms with E-state index in [9.17, 15) is 10.1 Å². The maximum atomic E-state index is 10.7. The molecule has 1 fully saturated rings. The summed E-state index contributed by atoms with van der Waals surface area (Å²) in [5.41, 5.74) is 0.851. The van der Waals surface area contributed by atoms with Crippen LogP contribution in [0, 0.1) is 10.1 Å². The Morgan fingerprint density at radius 2 is 2.16 bits per heavy atom. The lowest BCUT2D eigenvalue weighted by atomic mass is 10.2. The highest BCUT2D eigenvalue weighted by molar-refractivity contribution is 7.80. The Labute approximate surface area is 116 Å². The number of non-ortho nitro benzene ring substituents is 1. The first-order valence-electron chi connectivity index (χ1n) is 5.96. The molecule has 0 saturated carbocycles. The van der Waals surface area contributed by atoms with Crippen LogP contribution in [0.1, 0.15) is 5.56 Å². The van der Waals surface area contributed by atoms with Crippen LogP contribution in [0.25, 0.3) is 6.08 Å². The molecule has 1 aliphatic heterocycles. The molecular weight excluding hydrogens is 264 g/mol. The summed E-state index contributed by atoms with van der Waals surface area (Å²) < 4.78 is 5.25. The molecule has 6 heteroatoms. The maximum Gasteiger partial charge on any atom is 0.270 e. The predicted octanol–water partition coefficient (Wildman–Crippen LogP) is 2.27. The van der Waals surface area contributed by atoms with Crippen LogP contribution >= 0.6 is 12.2 Å². The van der Waals surface area contributed by atoms with Gasteiger partial charge in [-0.05, 0) is 11.6 Å². The van der Waals surface area contributed by atoms with Crippen molar-refractivity contribution in [1.29, 1.82) is 0 Å². The van der Waals surface area contributed by atoms with Gasteiger partial charge in [0.05, 0.1) is 18.1 Å². The van der Waals surface area contributed by atoms with Gasteiger partial charge in [-0.1, -0.05) is 30.4 Å². The van der Waals surface area contributed by atoms with Crippen LogP contribution in [0.2, 0.25) is 0 Å². The zero-order valence-corrected chi connectivity index (χ0v) is 11.1. The van der Waals surface area contributed by atoms with E-state index in [-0.39, 0.29) is 5.69 Å². The van der Waals surface area contributed by atoms with Gasteiger partial charge in [0, 0.05) is 25.2 Å². The topological polar surface area (TPSA) is 55.6 Å². The number of morpholine rings is 1. The summed E-state index contributed by atoms with van der Waals surface area (Å²) in [6.45, 7) is 2.95. The molecule has 100 valence electrons. The van der Waals surface area contributed by atoms with Gasteiger partial charge in [0.15, 0.2) is 0 Å². The van der Waals surface area contributed by atoms with Crippen molar-refractivity contribution >= 4 is 29.0 Å². The Bertz CT molecular complexity index is 510. The van der Waals surface area contributed by atoms with Crippen LogP contribution in [0.15, 0.2) is 30.3 Å². The zero-order valence-electron chi connectivity index (χ0n) is 10.3. The molecule has 1 aromatic carbocycles. The van der Waals surface area contributed by atoms with E-state index >= 15 is 0 Å². The second kappa shape index (κ2) is 6.40. The van der Waals surface area contributed by atoms with E-state index < -0.39 is 4.92 Å². The van der Waals surface area contributed by atoms with Crippen molar-refractivity contribution in [3.8, 4) is 0 Å². The standard InChI is InChI=1S/C13H14N2O3S/c16-15(17)12-3-1-2-11(10-12)4-5-13(19)14-6-8-18-9-7-14/h1-5,10H,6-9H2. The minimum atomic E-state index is -0.405. The zero-order chi connectivity index (χ0) is 13.7. The maximum absolute atomic E-state index is 10.7. The van der Waals surface area contributed by atoms with Crippen LogP contribution in [-0.4, -0.2) is 41.1 Å². The molecule has 1 aromatic rings. The van der Waals surface area contributed by atoms with Crippen molar-refractivity contribution in [2.24, 2.45) is 0 Å². The van der Waals surface area contributed by atoms with Crippen LogP contribution in [0.3, 0.4) is 0 Å². The summed E-state index contributed by atoms with van der Waals surface area (Å²) in [6, 6.07) is 6.47. The van der Waals surface area contributed by atoms with Crippen molar-refractivity contribution in [2.75, 3.05) is 26.3 Å². The Balaban J connectivity index is 2.03. The average Bonchev–Trinajstić information content (AvgIpc) is 2.46. The second-order valence-corrected chi connectivity index (χ2v) is 4.54. The molecule has 0 N–H and O–H groups in total. The number of nitro benzene ring substituents is 1. The molecule has 0 amide bonds. The first-order valence-corrected chi connectivity index (χ1v) is 6.37. The molecule has 5 nitrogen and oxygen atoms in total. The first kappa shape index (κ1) is 13.6. The number of nitrogens with zero attached hydrogens (tertiary/aromatic N) is 2. The number of thiocarbonyl (C=S) groups is 1. The quantitative estimate of drug-likeness (QED) is 0.367. The van der Waals surface area contributed by atoms with E-state index in [0.717, 1.165) is 23.6 Å². The molecule has 1 aliphatic rings. The number of nitro groups is 1. The van der Waals surface area contributed by atoms with Gasteiger partial charge in [0.25, 0.3) is 5.69 Å². The third-order valence-electron chi connectivity index (χ3n) is 2.82. The molecular formula is C13H14N2O3S. The summed E-state index contributed by atoms with van der Waals surface area (Å²) in [4.78, 5) is 13.1. The van der Waals surface area contributed by atoms with Gasteiger partial charge in [-0.15, -0.1) is 0 Å². The summed E-state index contributed by atoms with van der Waals surface area (Å²) in [5.74, 6) is 0. The molecule has 0 aliphatic carbocycles. The molecule has 19 heavy (non-hydrogen) atoms. The lowest BCUT2D eigenvalue weighted by Crippen LogP contribution is -2.38. The van der Waals surface area contributed by atoms with Gasteiger partial charge in [-0.2, -0.15) is 0 Å². The largest absolute Gasteiger partial charge is 0.378 e. The van der Waals surface area contributed by atoms with Gasteiger partial charge in [0.1, 0.15) is 4.99 Å². The second-order valence-electron chi connectivity index (χ2n) is 4.12. The van der Waals surface area contributed by atoms with Crippen LogP contribution < -0.4 is 0 Å². The SMILES string of the molecule is O=[N+]([O-])c1cccc(C=CC(=S)N2CCOCC2)c1. The molecule has 1 saturated heterocycles. The van der Waals surface area contributed by atoms with Gasteiger partial charge in [-0.25, -0.2) is 0 Å². The van der Waals surface area contributed by atoms with E-state index in [1.54, 1.807) is 18.2 Å². The Hall–Kier alpha value is -1.79. The number of ether oxygens (including phenoxy) is 1. The smallest absolute Gasteiger partial charge is 0.270 e. The molecule has 0 atom stereocenters. The predicted molar refractivity (Wildman–Crippen MR) is 77.1 cm³/mol. The van der Waals surface area contributed by atoms with Gasteiger partial charge >= 0.3 is 0 Å². The van der Waals surface area contributed by atoms with E-state index in [1.165, 1.54) is 12.1 Å². The average molecular weight is 278 g/mol. The Kier molecular flexibility index (Phi) is 4.59. The minimum Gasteiger partial charge on any atom is -0.378 e. The number of benzene rings is 1. The highest BCUT2D eigenvalue weighted by Gasteiger charge is 2.11. The highest BCUT2D eigenvalue weighted by atomic mass is 32.1. The lowest BCUT2D eigenvalue weighted by molar-refractivity contribution is -0.384. The lowest BCUT2D eigenvalue weighted by Gasteiger charge is -2.27. The fourth-order valence-electron chi connectivity index (χ4n) is 1.80. The van der Waals surface area contributed by atoms with Gasteiger partial charge < -0.3 is 9.64 Å². The number of hydrogen-bond acceptors (Lipinski definition) is 4. The summed E-state index contributed by atoms with van der Waals surface area (Å²) in [7, 11) is 0. The molecule has 0 spiro atoms. The first-order chi connectivity index (χ1) is 9.16. The van der Waals surface area contributed by atoms with Gasteiger partial charge in [-0.3, -0.25) is 10.1 Å². The van der Waals surface area contributed by atoms with E-state index in [4.69, 9.17) is 17.0 Å². The molecule has 0 unspecified atom stereocenters. The summed E-state index contributed by atoms with van der Waals surface area (Å²) in [6.07, 6.45) is 3.60. The highest BCUT2D eigenvalue weighted by Crippen LogP contribution is 2.14. The molecule has 0 radical (unpaired) electrons. The van der Waals surface area contributed by atoms with Crippen LogP contribution in [0.4, 0.5) is 5.69 Å². The molecule has 0 bridgehead atoms. The van der Waals surface area contributed by atoms with Crippen molar-refractivity contribution in [3.05, 3.63) is 46.0 Å². The van der Waals surface area contributed by atoms with Gasteiger partial charge in [0.2, 0.25) is 0 Å². The Morgan fingerprint density at radius 3 is 2.84 bits per heavy atom. The van der Waals surface area contributed by atoms with Crippen molar-refractivity contribution in [1.82, 2.24) is 4.90 Å². The van der Waals surface area contributed by atoms with Crippen LogP contribution in [0.5, 0.6) is 0 Å². The number of rotatable bonds is 3. The molecule has 0 aromatic heterocycles. The fourth-order valence-corrected chi connectivity index (χ4v) is 2.05. The molecule has 2 rings (SSSR count). The van der Waals surface area contributed by atoms with Crippen molar-refractivity contribution in [3.63, 3.8) is 0 Å². The minimum absolute atomic E-state index is 0.0828. The van der Waals surface area contributed by atoms with Crippen LogP contribution in [-0.2, 0) is 4.74 Å². The third-order valence-corrected chi connectivity index (χ3v) is 3.22. The monoisotopic (exact) mass is 278 g/mol. The van der Waals surface area contributed by atoms with Crippen molar-refractivity contribution < 1.29 is 9.66 Å². The van der Waals surface area contributed by atoms with Crippen molar-refractivity contribution in [2.45, 2.75) is 0 Å². The van der Waals surface area contributed by atoms with E-state index in [2.05, 4.69) is 4.90 Å². The molecule has 1 heterocycles. The normalized spacial score (nSPS) is 15.7. The third kappa shape index (κ3) is 3.84. The fraction of sp³-hybridized carbons (Fsp3) is 0.308. The number of hydrogen-bond donors (Lipinski definition) is 0. The Morgan fingerprint density at radius 1 is 1.42 bits per heavy atom.